The van der Waals surface area contributed by atoms with Gasteiger partial charge in [-0.25, -0.2) is 0 Å². The smallest absolute Gasteiger partial charge is 0.309 e. The first-order valence-electron chi connectivity index (χ1n) is 10.9. The van der Waals surface area contributed by atoms with E-state index in [2.05, 4.69) is 0 Å². The summed E-state index contributed by atoms with van der Waals surface area (Å²) in [4.78, 5) is 25.1. The Labute approximate surface area is 190 Å². The molecule has 10 heteroatoms. The van der Waals surface area contributed by atoms with Gasteiger partial charge in [-0.15, -0.1) is 0 Å². The molecule has 0 aromatic rings. The third kappa shape index (κ3) is 6.61. The van der Waals surface area contributed by atoms with E-state index in [0.717, 1.165) is 0 Å². The van der Waals surface area contributed by atoms with E-state index in [4.69, 9.17) is 37.9 Å². The predicted molar refractivity (Wildman–Crippen MR) is 112 cm³/mol. The van der Waals surface area contributed by atoms with E-state index >= 15 is 0 Å². The second-order valence-corrected chi connectivity index (χ2v) is 8.17. The minimum absolute atomic E-state index is 0.0150. The Hall–Kier alpha value is -1.30. The van der Waals surface area contributed by atoms with Crippen molar-refractivity contribution in [3.05, 3.63) is 0 Å². The van der Waals surface area contributed by atoms with Gasteiger partial charge in [-0.1, -0.05) is 0 Å². The van der Waals surface area contributed by atoms with Crippen molar-refractivity contribution in [2.75, 3.05) is 55.9 Å². The fourth-order valence-corrected chi connectivity index (χ4v) is 4.76. The van der Waals surface area contributed by atoms with Gasteiger partial charge in [0.15, 0.2) is 0 Å². The van der Waals surface area contributed by atoms with Crippen LogP contribution in [0.4, 0.5) is 0 Å². The van der Waals surface area contributed by atoms with E-state index < -0.39 is 0 Å². The van der Waals surface area contributed by atoms with Gasteiger partial charge in [0.05, 0.1) is 36.3 Å². The summed E-state index contributed by atoms with van der Waals surface area (Å²) in [6.07, 6.45) is 0.375. The molecular formula is C22H38O10. The van der Waals surface area contributed by atoms with Crippen molar-refractivity contribution in [3.8, 4) is 0 Å². The lowest BCUT2D eigenvalue weighted by Gasteiger charge is -2.38. The molecule has 2 fully saturated rings. The molecule has 4 unspecified atom stereocenters. The molecule has 0 spiro atoms. The molecule has 0 N–H and O–H groups in total. The third-order valence-corrected chi connectivity index (χ3v) is 6.53. The zero-order valence-electron chi connectivity index (χ0n) is 19.9. The summed E-state index contributed by atoms with van der Waals surface area (Å²) < 4.78 is 43.5. The van der Waals surface area contributed by atoms with Crippen molar-refractivity contribution in [2.45, 2.75) is 62.3 Å². The summed E-state index contributed by atoms with van der Waals surface area (Å²) in [5, 5.41) is 0. The van der Waals surface area contributed by atoms with Crippen molar-refractivity contribution in [1.82, 2.24) is 0 Å². The highest BCUT2D eigenvalue weighted by atomic mass is 16.6. The lowest BCUT2D eigenvalue weighted by molar-refractivity contribution is -0.174. The summed E-state index contributed by atoms with van der Waals surface area (Å²) in [6.45, 7) is -0.0299. The summed E-state index contributed by atoms with van der Waals surface area (Å²) in [5.74, 6) is -1.47. The molecule has 2 rings (SSSR count). The molecule has 10 nitrogen and oxygen atoms in total. The number of hydrogen-bond donors (Lipinski definition) is 0. The largest absolute Gasteiger partial charge is 0.462 e. The molecule has 32 heavy (non-hydrogen) atoms. The van der Waals surface area contributed by atoms with Crippen LogP contribution in [0.5, 0.6) is 0 Å². The maximum Gasteiger partial charge on any atom is 0.309 e. The van der Waals surface area contributed by atoms with E-state index in [1.165, 1.54) is 0 Å². The summed E-state index contributed by atoms with van der Waals surface area (Å²) in [6, 6.07) is 0. The van der Waals surface area contributed by atoms with Crippen LogP contribution in [0.15, 0.2) is 0 Å². The highest BCUT2D eigenvalue weighted by molar-refractivity contribution is 5.73. The highest BCUT2D eigenvalue weighted by Crippen LogP contribution is 2.32. The number of hydrogen-bond acceptors (Lipinski definition) is 10. The van der Waals surface area contributed by atoms with Crippen molar-refractivity contribution >= 4 is 11.9 Å². The predicted octanol–water partition coefficient (Wildman–Crippen LogP) is 0.983. The topological polar surface area (TPSA) is 108 Å². The molecule has 186 valence electrons. The highest BCUT2D eigenvalue weighted by Gasteiger charge is 2.43. The average Bonchev–Trinajstić information content (AvgIpc) is 2.83. The summed E-state index contributed by atoms with van der Waals surface area (Å²) in [7, 11) is 9.53. The van der Waals surface area contributed by atoms with Crippen LogP contribution < -0.4 is 0 Å². The second-order valence-electron chi connectivity index (χ2n) is 8.17. The molecule has 2 saturated carbocycles. The minimum Gasteiger partial charge on any atom is -0.462 e. The van der Waals surface area contributed by atoms with Crippen LogP contribution >= 0.6 is 0 Å². The van der Waals surface area contributed by atoms with Gasteiger partial charge >= 0.3 is 11.9 Å². The van der Waals surface area contributed by atoms with E-state index in [1.807, 2.05) is 0 Å². The van der Waals surface area contributed by atoms with Gasteiger partial charge in [0.25, 0.3) is 0 Å². The van der Waals surface area contributed by atoms with Gasteiger partial charge in [0, 0.05) is 42.7 Å². The van der Waals surface area contributed by atoms with Gasteiger partial charge in [-0.3, -0.25) is 9.59 Å². The molecule has 0 aromatic heterocycles. The number of methoxy groups -OCH3 is 6. The van der Waals surface area contributed by atoms with Gasteiger partial charge < -0.3 is 37.9 Å². The third-order valence-electron chi connectivity index (χ3n) is 6.53. The molecule has 0 aromatic carbocycles. The average molecular weight is 463 g/mol. The van der Waals surface area contributed by atoms with E-state index in [0.29, 0.717) is 25.7 Å². The van der Waals surface area contributed by atoms with Crippen LogP contribution in [0.25, 0.3) is 0 Å². The summed E-state index contributed by atoms with van der Waals surface area (Å²) >= 11 is 0. The maximum absolute atomic E-state index is 12.5. The van der Waals surface area contributed by atoms with Crippen molar-refractivity contribution in [2.24, 2.45) is 11.8 Å². The quantitative estimate of drug-likeness (QED) is 0.326. The molecule has 0 amide bonds. The van der Waals surface area contributed by atoms with Crippen molar-refractivity contribution in [3.63, 3.8) is 0 Å². The monoisotopic (exact) mass is 462 g/mol. The van der Waals surface area contributed by atoms with Crippen molar-refractivity contribution < 1.29 is 47.5 Å². The Kier molecular flexibility index (Phi) is 11.3. The second kappa shape index (κ2) is 13.4. The Morgan fingerprint density at radius 3 is 1.03 bits per heavy atom. The van der Waals surface area contributed by atoms with Crippen LogP contribution in [-0.4, -0.2) is 104 Å². The van der Waals surface area contributed by atoms with Gasteiger partial charge in [-0.2, -0.15) is 0 Å². The molecule has 2 aliphatic carbocycles. The fraction of sp³-hybridized carbons (Fsp3) is 0.909. The molecule has 0 bridgehead atoms. The number of esters is 2. The SMILES string of the molecule is COC1CC(C(=O)OCCOC(=O)C2CC(OC)C(OC)C(OC)C2)CC(OC)C1OC. The first-order valence-corrected chi connectivity index (χ1v) is 10.9. The van der Waals surface area contributed by atoms with Crippen molar-refractivity contribution in [1.29, 1.82) is 0 Å². The normalized spacial score (nSPS) is 35.3. The van der Waals surface area contributed by atoms with Crippen LogP contribution in [0.1, 0.15) is 25.7 Å². The molecule has 0 radical (unpaired) electrons. The first-order chi connectivity index (χ1) is 15.4. The van der Waals surface area contributed by atoms with E-state index in [1.54, 1.807) is 42.7 Å². The molecule has 0 aliphatic heterocycles. The van der Waals surface area contributed by atoms with E-state index in [9.17, 15) is 9.59 Å². The molecule has 0 saturated heterocycles. The zero-order valence-corrected chi connectivity index (χ0v) is 19.9. The molecule has 4 atom stereocenters. The standard InChI is InChI=1S/C22H38O10/c1-25-15-9-13(10-16(26-2)19(15)29-5)21(23)31-7-8-32-22(24)14-11-17(27-3)20(30-6)18(12-14)28-4/h13-20H,7-12H2,1-6H3. The van der Waals surface area contributed by atoms with Crippen LogP contribution in [0.2, 0.25) is 0 Å². The van der Waals surface area contributed by atoms with Gasteiger partial charge in [-0.05, 0) is 25.7 Å². The number of carbonyl (C=O) groups excluding carboxylic acids is 2. The lowest BCUT2D eigenvalue weighted by atomic mass is 9.83. The Balaban J connectivity index is 1.79. The maximum atomic E-state index is 12.5. The molecule has 2 aliphatic rings. The van der Waals surface area contributed by atoms with Crippen LogP contribution in [0, 0.1) is 11.8 Å². The summed E-state index contributed by atoms with van der Waals surface area (Å²) in [5.41, 5.74) is 0. The first kappa shape index (κ1) is 26.9. The molecule has 0 heterocycles. The Morgan fingerprint density at radius 2 is 0.812 bits per heavy atom. The number of carbonyl (C=O) groups is 2. The van der Waals surface area contributed by atoms with Crippen LogP contribution in [-0.2, 0) is 47.5 Å². The number of ether oxygens (including phenoxy) is 8. The van der Waals surface area contributed by atoms with E-state index in [-0.39, 0.29) is 73.6 Å². The van der Waals surface area contributed by atoms with Gasteiger partial charge in [0.2, 0.25) is 0 Å². The van der Waals surface area contributed by atoms with Gasteiger partial charge in [0.1, 0.15) is 25.4 Å². The fourth-order valence-electron chi connectivity index (χ4n) is 4.76. The Bertz CT molecular complexity index is 507. The zero-order chi connectivity index (χ0) is 23.7. The Morgan fingerprint density at radius 1 is 0.531 bits per heavy atom. The van der Waals surface area contributed by atoms with Crippen LogP contribution in [0.3, 0.4) is 0 Å². The molecular weight excluding hydrogens is 424 g/mol. The minimum atomic E-state index is -0.374. The number of rotatable bonds is 11. The lowest BCUT2D eigenvalue weighted by Crippen LogP contribution is -2.49.